The van der Waals surface area contributed by atoms with E-state index in [-0.39, 0.29) is 11.9 Å². The Labute approximate surface area is 112 Å². The van der Waals surface area contributed by atoms with Gasteiger partial charge in [-0.3, -0.25) is 4.68 Å². The molecule has 1 aromatic carbocycles. The van der Waals surface area contributed by atoms with Crippen LogP contribution in [0.15, 0.2) is 30.6 Å². The van der Waals surface area contributed by atoms with Crippen LogP contribution in [0, 0.1) is 5.82 Å². The molecule has 0 aliphatic carbocycles. The number of benzene rings is 1. The van der Waals surface area contributed by atoms with Crippen molar-refractivity contribution >= 4 is 5.69 Å². The van der Waals surface area contributed by atoms with Gasteiger partial charge in [0.05, 0.1) is 24.5 Å². The van der Waals surface area contributed by atoms with E-state index in [9.17, 15) is 4.39 Å². The first-order valence-corrected chi connectivity index (χ1v) is 6.27. The summed E-state index contributed by atoms with van der Waals surface area (Å²) in [6.07, 6.45) is 3.67. The van der Waals surface area contributed by atoms with Crippen molar-refractivity contribution in [2.24, 2.45) is 7.05 Å². The predicted molar refractivity (Wildman–Crippen MR) is 72.8 cm³/mol. The third-order valence-corrected chi connectivity index (χ3v) is 2.85. The van der Waals surface area contributed by atoms with E-state index in [1.807, 2.05) is 27.1 Å². The minimum Gasteiger partial charge on any atom is -0.494 e. The summed E-state index contributed by atoms with van der Waals surface area (Å²) in [7, 11) is 1.85. The molecule has 19 heavy (non-hydrogen) atoms. The molecule has 1 atom stereocenters. The van der Waals surface area contributed by atoms with Gasteiger partial charge < -0.3 is 10.1 Å². The molecule has 0 aliphatic rings. The number of anilines is 1. The molecule has 0 saturated heterocycles. The summed E-state index contributed by atoms with van der Waals surface area (Å²) >= 11 is 0. The van der Waals surface area contributed by atoms with Gasteiger partial charge in [-0.2, -0.15) is 5.10 Å². The van der Waals surface area contributed by atoms with Crippen molar-refractivity contribution in [3.8, 4) is 5.75 Å². The van der Waals surface area contributed by atoms with Gasteiger partial charge in [0, 0.05) is 24.9 Å². The summed E-state index contributed by atoms with van der Waals surface area (Å²) in [5, 5.41) is 7.23. The molecule has 1 unspecified atom stereocenters. The van der Waals surface area contributed by atoms with Gasteiger partial charge >= 0.3 is 0 Å². The standard InChI is InChI=1S/C14H18FN3O/c1-4-19-12-5-6-14(13(15)7-12)17-10(2)11-8-16-18(3)9-11/h5-10,17H,4H2,1-3H3. The summed E-state index contributed by atoms with van der Waals surface area (Å²) in [5.41, 5.74) is 1.47. The first-order valence-electron chi connectivity index (χ1n) is 6.27. The number of aryl methyl sites for hydroxylation is 1. The second-order valence-electron chi connectivity index (χ2n) is 4.39. The van der Waals surface area contributed by atoms with Crippen LogP contribution in [-0.4, -0.2) is 16.4 Å². The average molecular weight is 263 g/mol. The van der Waals surface area contributed by atoms with Gasteiger partial charge in [0.2, 0.25) is 0 Å². The van der Waals surface area contributed by atoms with Crippen LogP contribution in [0.3, 0.4) is 0 Å². The van der Waals surface area contributed by atoms with E-state index in [0.29, 0.717) is 18.0 Å². The molecule has 0 amide bonds. The number of halogens is 1. The Balaban J connectivity index is 2.10. The molecule has 0 saturated carbocycles. The van der Waals surface area contributed by atoms with Crippen LogP contribution in [0.25, 0.3) is 0 Å². The molecule has 0 radical (unpaired) electrons. The highest BCUT2D eigenvalue weighted by atomic mass is 19.1. The van der Waals surface area contributed by atoms with Crippen LogP contribution in [0.1, 0.15) is 25.5 Å². The summed E-state index contributed by atoms with van der Waals surface area (Å²) in [6.45, 7) is 4.36. The van der Waals surface area contributed by atoms with E-state index in [1.165, 1.54) is 6.07 Å². The maximum absolute atomic E-state index is 13.9. The molecule has 5 heteroatoms. The highest BCUT2D eigenvalue weighted by Crippen LogP contribution is 2.24. The minimum atomic E-state index is -0.318. The number of rotatable bonds is 5. The fraction of sp³-hybridized carbons (Fsp3) is 0.357. The number of nitrogens with zero attached hydrogens (tertiary/aromatic N) is 2. The normalized spacial score (nSPS) is 12.2. The van der Waals surface area contributed by atoms with Crippen LogP contribution >= 0.6 is 0 Å². The summed E-state index contributed by atoms with van der Waals surface area (Å²) in [5.74, 6) is 0.223. The highest BCUT2D eigenvalue weighted by molar-refractivity contribution is 5.49. The molecule has 0 spiro atoms. The van der Waals surface area contributed by atoms with Crippen LogP contribution < -0.4 is 10.1 Å². The Morgan fingerprint density at radius 2 is 2.26 bits per heavy atom. The SMILES string of the molecule is CCOc1ccc(NC(C)c2cnn(C)c2)c(F)c1. The molecule has 1 aromatic heterocycles. The molecule has 1 heterocycles. The largest absolute Gasteiger partial charge is 0.494 e. The van der Waals surface area contributed by atoms with Crippen LogP contribution in [0.2, 0.25) is 0 Å². The molecule has 2 aromatic rings. The Kier molecular flexibility index (Phi) is 4.04. The molecule has 0 aliphatic heterocycles. The van der Waals surface area contributed by atoms with E-state index < -0.39 is 0 Å². The second kappa shape index (κ2) is 5.73. The van der Waals surface area contributed by atoms with Gasteiger partial charge in [-0.1, -0.05) is 0 Å². The van der Waals surface area contributed by atoms with Gasteiger partial charge in [-0.15, -0.1) is 0 Å². The zero-order chi connectivity index (χ0) is 13.8. The monoisotopic (exact) mass is 263 g/mol. The highest BCUT2D eigenvalue weighted by Gasteiger charge is 2.10. The number of hydrogen-bond donors (Lipinski definition) is 1. The molecule has 0 fully saturated rings. The van der Waals surface area contributed by atoms with Crippen molar-refractivity contribution in [2.45, 2.75) is 19.9 Å². The van der Waals surface area contributed by atoms with Crippen molar-refractivity contribution < 1.29 is 9.13 Å². The Hall–Kier alpha value is -2.04. The molecular formula is C14H18FN3O. The first kappa shape index (κ1) is 13.4. The molecule has 4 nitrogen and oxygen atoms in total. The lowest BCUT2D eigenvalue weighted by Crippen LogP contribution is -2.07. The van der Waals surface area contributed by atoms with Crippen LogP contribution in [0.5, 0.6) is 5.75 Å². The zero-order valence-corrected chi connectivity index (χ0v) is 11.4. The maximum Gasteiger partial charge on any atom is 0.149 e. The van der Waals surface area contributed by atoms with Gasteiger partial charge in [0.15, 0.2) is 0 Å². The van der Waals surface area contributed by atoms with Gasteiger partial charge in [-0.25, -0.2) is 4.39 Å². The van der Waals surface area contributed by atoms with Crippen molar-refractivity contribution in [1.29, 1.82) is 0 Å². The molecular weight excluding hydrogens is 245 g/mol. The van der Waals surface area contributed by atoms with Gasteiger partial charge in [-0.05, 0) is 26.0 Å². The van der Waals surface area contributed by atoms with E-state index >= 15 is 0 Å². The third-order valence-electron chi connectivity index (χ3n) is 2.85. The van der Waals surface area contributed by atoms with E-state index in [2.05, 4.69) is 10.4 Å². The van der Waals surface area contributed by atoms with Gasteiger partial charge in [0.1, 0.15) is 11.6 Å². The summed E-state index contributed by atoms with van der Waals surface area (Å²) in [6, 6.07) is 4.82. The van der Waals surface area contributed by atoms with E-state index in [1.54, 1.807) is 23.0 Å². The van der Waals surface area contributed by atoms with Crippen molar-refractivity contribution in [3.63, 3.8) is 0 Å². The predicted octanol–water partition coefficient (Wildman–Crippen LogP) is 3.13. The number of ether oxygens (including phenoxy) is 1. The topological polar surface area (TPSA) is 39.1 Å². The van der Waals surface area contributed by atoms with Crippen molar-refractivity contribution in [1.82, 2.24) is 9.78 Å². The Morgan fingerprint density at radius 1 is 1.47 bits per heavy atom. The molecule has 102 valence electrons. The second-order valence-corrected chi connectivity index (χ2v) is 4.39. The fourth-order valence-electron chi connectivity index (χ4n) is 1.85. The van der Waals surface area contributed by atoms with E-state index in [0.717, 1.165) is 5.56 Å². The summed E-state index contributed by atoms with van der Waals surface area (Å²) < 4.78 is 20.9. The van der Waals surface area contributed by atoms with E-state index in [4.69, 9.17) is 4.74 Å². The quantitative estimate of drug-likeness (QED) is 0.900. The zero-order valence-electron chi connectivity index (χ0n) is 11.4. The lowest BCUT2D eigenvalue weighted by atomic mass is 10.1. The Morgan fingerprint density at radius 3 is 2.84 bits per heavy atom. The smallest absolute Gasteiger partial charge is 0.149 e. The third kappa shape index (κ3) is 3.24. The number of nitrogens with one attached hydrogen (secondary N) is 1. The summed E-state index contributed by atoms with van der Waals surface area (Å²) in [4.78, 5) is 0. The maximum atomic E-state index is 13.9. The first-order chi connectivity index (χ1) is 9.10. The average Bonchev–Trinajstić information content (AvgIpc) is 2.80. The number of hydrogen-bond acceptors (Lipinski definition) is 3. The fourth-order valence-corrected chi connectivity index (χ4v) is 1.85. The van der Waals surface area contributed by atoms with Crippen molar-refractivity contribution in [3.05, 3.63) is 42.0 Å². The van der Waals surface area contributed by atoms with Crippen molar-refractivity contribution in [2.75, 3.05) is 11.9 Å². The van der Waals surface area contributed by atoms with Crippen LogP contribution in [-0.2, 0) is 7.05 Å². The molecule has 0 bridgehead atoms. The van der Waals surface area contributed by atoms with Gasteiger partial charge in [0.25, 0.3) is 0 Å². The number of aromatic nitrogens is 2. The van der Waals surface area contributed by atoms with Crippen LogP contribution in [0.4, 0.5) is 10.1 Å². The minimum absolute atomic E-state index is 0.0128. The Bertz CT molecular complexity index is 553. The molecule has 1 N–H and O–H groups in total. The lowest BCUT2D eigenvalue weighted by Gasteiger charge is -2.15. The lowest BCUT2D eigenvalue weighted by molar-refractivity contribution is 0.338. The molecule has 2 rings (SSSR count).